The molecule has 13 aromatic rings. The van der Waals surface area contributed by atoms with Crippen molar-refractivity contribution in [2.45, 2.75) is 0 Å². The van der Waals surface area contributed by atoms with Crippen molar-refractivity contribution in [1.82, 2.24) is 0 Å². The molecule has 3 heteroatoms. The second-order valence-corrected chi connectivity index (χ2v) is 17.8. The van der Waals surface area contributed by atoms with Gasteiger partial charge in [0, 0.05) is 42.5 Å². The fraction of sp³-hybridized carbons (Fsp3) is 0. The Morgan fingerprint density at radius 2 is 0.908 bits per heavy atom. The lowest BCUT2D eigenvalue weighted by Gasteiger charge is -2.27. The molecule has 11 aromatic carbocycles. The first-order valence-corrected chi connectivity index (χ1v) is 23.0. The largest absolute Gasteiger partial charge is 0.455 e. The van der Waals surface area contributed by atoms with Crippen LogP contribution >= 0.6 is 11.3 Å². The zero-order valence-electron chi connectivity index (χ0n) is 35.3. The smallest absolute Gasteiger partial charge is 0.145 e. The molecule has 0 fully saturated rings. The molecule has 0 aliphatic heterocycles. The minimum atomic E-state index is 0.864. The molecule has 2 heterocycles. The van der Waals surface area contributed by atoms with Gasteiger partial charge in [0.05, 0.1) is 11.1 Å². The average molecular weight is 846 g/mol. The Bertz CT molecular complexity index is 3920. The predicted molar refractivity (Wildman–Crippen MR) is 278 cm³/mol. The molecule has 0 radical (unpaired) electrons. The monoisotopic (exact) mass is 845 g/mol. The third-order valence-electron chi connectivity index (χ3n) is 13.1. The highest BCUT2D eigenvalue weighted by Gasteiger charge is 2.23. The van der Waals surface area contributed by atoms with E-state index in [1.165, 1.54) is 75.1 Å². The van der Waals surface area contributed by atoms with Crippen molar-refractivity contribution in [2.75, 3.05) is 4.90 Å². The number of thiophene rings is 1. The topological polar surface area (TPSA) is 16.4 Å². The number of para-hydroxylation sites is 1. The molecule has 304 valence electrons. The SMILES string of the molecule is c1ccc(-c2ccc(-c3ccc(N(c4ccc(-c5cccc6sc7c(-c8ccccc8)cccc7c56)cc4)c4ccc5ccc6ccccc6c5c4)c4c3oc3ccccc34)cc2)cc1. The van der Waals surface area contributed by atoms with Crippen LogP contribution < -0.4 is 4.90 Å². The van der Waals surface area contributed by atoms with Crippen molar-refractivity contribution in [3.63, 3.8) is 0 Å². The molecule has 13 rings (SSSR count). The van der Waals surface area contributed by atoms with E-state index in [2.05, 4.69) is 241 Å². The van der Waals surface area contributed by atoms with Gasteiger partial charge in [-0.05, 0) is 109 Å². The minimum absolute atomic E-state index is 0.864. The van der Waals surface area contributed by atoms with Gasteiger partial charge in [-0.15, -0.1) is 11.3 Å². The highest BCUT2D eigenvalue weighted by atomic mass is 32.1. The van der Waals surface area contributed by atoms with Crippen molar-refractivity contribution in [1.29, 1.82) is 0 Å². The lowest BCUT2D eigenvalue weighted by Crippen LogP contribution is -2.10. The zero-order valence-corrected chi connectivity index (χ0v) is 36.1. The van der Waals surface area contributed by atoms with Gasteiger partial charge in [0.2, 0.25) is 0 Å². The van der Waals surface area contributed by atoms with E-state index >= 15 is 0 Å². The summed E-state index contributed by atoms with van der Waals surface area (Å²) in [5, 5.41) is 9.65. The van der Waals surface area contributed by atoms with Crippen LogP contribution in [-0.4, -0.2) is 0 Å². The van der Waals surface area contributed by atoms with Gasteiger partial charge in [0.25, 0.3) is 0 Å². The van der Waals surface area contributed by atoms with Crippen molar-refractivity contribution < 1.29 is 4.42 Å². The third-order valence-corrected chi connectivity index (χ3v) is 14.3. The minimum Gasteiger partial charge on any atom is -0.455 e. The van der Waals surface area contributed by atoms with E-state index in [-0.39, 0.29) is 0 Å². The van der Waals surface area contributed by atoms with Gasteiger partial charge < -0.3 is 9.32 Å². The summed E-state index contributed by atoms with van der Waals surface area (Å²) >= 11 is 1.88. The van der Waals surface area contributed by atoms with Crippen LogP contribution in [0, 0.1) is 0 Å². The van der Waals surface area contributed by atoms with Crippen LogP contribution in [0.25, 0.3) is 108 Å². The molecule has 0 unspecified atom stereocenters. The standard InChI is InChI=1S/C62H39NOS/c1-3-13-40(14-4-1)41-25-27-45(28-26-41)51-37-38-56(60-53-19-9-10-23-57(53)64-61(51)60)63(48-36-33-46-30-29-43-17-7-8-18-49(43)55(46)39-48)47-34-31-44(32-35-47)50-20-12-24-58-59(50)54-22-11-21-52(62(54)65-58)42-15-5-2-6-16-42/h1-39H. The maximum absolute atomic E-state index is 6.90. The van der Waals surface area contributed by atoms with E-state index in [4.69, 9.17) is 4.42 Å². The summed E-state index contributed by atoms with van der Waals surface area (Å²) in [5.41, 5.74) is 14.4. The molecule has 0 atom stereocenters. The molecule has 2 nitrogen and oxygen atoms in total. The molecule has 0 N–H and O–H groups in total. The molecule has 0 spiro atoms. The van der Waals surface area contributed by atoms with Gasteiger partial charge in [0.15, 0.2) is 0 Å². The van der Waals surface area contributed by atoms with Gasteiger partial charge >= 0.3 is 0 Å². The molecule has 0 aliphatic carbocycles. The highest BCUT2D eigenvalue weighted by Crippen LogP contribution is 2.48. The van der Waals surface area contributed by atoms with Crippen molar-refractivity contribution >= 4 is 92.1 Å². The van der Waals surface area contributed by atoms with E-state index in [1.54, 1.807) is 0 Å². The highest BCUT2D eigenvalue weighted by molar-refractivity contribution is 7.26. The van der Waals surface area contributed by atoms with Gasteiger partial charge in [-0.25, -0.2) is 0 Å². The Morgan fingerprint density at radius 3 is 1.72 bits per heavy atom. The van der Waals surface area contributed by atoms with Gasteiger partial charge in [-0.3, -0.25) is 0 Å². The molecular weight excluding hydrogens is 807 g/mol. The summed E-state index contributed by atoms with van der Waals surface area (Å²) < 4.78 is 9.51. The van der Waals surface area contributed by atoms with Crippen LogP contribution in [0.2, 0.25) is 0 Å². The number of benzene rings is 11. The Morgan fingerprint density at radius 1 is 0.338 bits per heavy atom. The third kappa shape index (κ3) is 6.24. The van der Waals surface area contributed by atoms with Crippen molar-refractivity contribution in [3.05, 3.63) is 237 Å². The average Bonchev–Trinajstić information content (AvgIpc) is 3.97. The van der Waals surface area contributed by atoms with Crippen LogP contribution in [0.3, 0.4) is 0 Å². The lowest BCUT2D eigenvalue weighted by atomic mass is 9.96. The first-order chi connectivity index (χ1) is 32.2. The number of fused-ring (bicyclic) bond motifs is 9. The van der Waals surface area contributed by atoms with E-state index < -0.39 is 0 Å². The maximum Gasteiger partial charge on any atom is 0.145 e. The summed E-state index contributed by atoms with van der Waals surface area (Å²) in [5.74, 6) is 0. The molecule has 2 aromatic heterocycles. The first-order valence-electron chi connectivity index (χ1n) is 22.2. The molecule has 0 bridgehead atoms. The fourth-order valence-corrected chi connectivity index (χ4v) is 11.2. The number of hydrogen-bond donors (Lipinski definition) is 0. The van der Waals surface area contributed by atoms with E-state index in [1.807, 2.05) is 11.3 Å². The summed E-state index contributed by atoms with van der Waals surface area (Å²) in [4.78, 5) is 2.42. The zero-order chi connectivity index (χ0) is 42.8. The van der Waals surface area contributed by atoms with Gasteiger partial charge in [-0.2, -0.15) is 0 Å². The van der Waals surface area contributed by atoms with Crippen LogP contribution in [0.1, 0.15) is 0 Å². The van der Waals surface area contributed by atoms with Gasteiger partial charge in [0.1, 0.15) is 11.2 Å². The van der Waals surface area contributed by atoms with Crippen LogP contribution in [0.5, 0.6) is 0 Å². The van der Waals surface area contributed by atoms with Crippen LogP contribution in [0.4, 0.5) is 17.1 Å². The normalized spacial score (nSPS) is 11.7. The second-order valence-electron chi connectivity index (χ2n) is 16.8. The lowest BCUT2D eigenvalue weighted by molar-refractivity contribution is 0.670. The van der Waals surface area contributed by atoms with Crippen LogP contribution in [-0.2, 0) is 0 Å². The number of hydrogen-bond acceptors (Lipinski definition) is 3. The molecule has 0 amide bonds. The number of rotatable bonds is 7. The fourth-order valence-electron chi connectivity index (χ4n) is 9.98. The van der Waals surface area contributed by atoms with Crippen molar-refractivity contribution in [2.24, 2.45) is 0 Å². The summed E-state index contributed by atoms with van der Waals surface area (Å²) in [6, 6.07) is 85.8. The summed E-state index contributed by atoms with van der Waals surface area (Å²) in [6.07, 6.45) is 0. The van der Waals surface area contributed by atoms with E-state index in [0.717, 1.165) is 50.1 Å². The number of anilines is 3. The summed E-state index contributed by atoms with van der Waals surface area (Å²) in [7, 11) is 0. The Labute approximate surface area is 380 Å². The predicted octanol–water partition coefficient (Wildman–Crippen LogP) is 18.4. The first kappa shape index (κ1) is 37.3. The Kier molecular flexibility index (Phi) is 8.75. The van der Waals surface area contributed by atoms with E-state index in [9.17, 15) is 0 Å². The number of furan rings is 1. The Hall–Kier alpha value is -8.24. The number of nitrogens with zero attached hydrogens (tertiary/aromatic N) is 1. The molecule has 0 saturated heterocycles. The molecular formula is C62H39NOS. The Balaban J connectivity index is 1.00. The summed E-state index contributed by atoms with van der Waals surface area (Å²) in [6.45, 7) is 0. The van der Waals surface area contributed by atoms with Gasteiger partial charge in [-0.1, -0.05) is 188 Å². The van der Waals surface area contributed by atoms with Crippen LogP contribution in [0.15, 0.2) is 241 Å². The molecule has 0 aliphatic rings. The second kappa shape index (κ2) is 15.2. The quantitative estimate of drug-likeness (QED) is 0.149. The van der Waals surface area contributed by atoms with Crippen molar-refractivity contribution in [3.8, 4) is 44.5 Å². The van der Waals surface area contributed by atoms with E-state index in [0.29, 0.717) is 0 Å². The maximum atomic E-state index is 6.90. The molecule has 0 saturated carbocycles. The molecule has 65 heavy (non-hydrogen) atoms.